The molecule has 0 saturated heterocycles. The Morgan fingerprint density at radius 2 is 1.90 bits per heavy atom. The molecule has 110 valence electrons. The van der Waals surface area contributed by atoms with Crippen LogP contribution in [0.4, 0.5) is 0 Å². The average molecular weight is 271 g/mol. The molecule has 0 radical (unpaired) electrons. The summed E-state index contributed by atoms with van der Waals surface area (Å²) in [5, 5.41) is 3.80. The van der Waals surface area contributed by atoms with E-state index in [1.807, 2.05) is 0 Å². The minimum absolute atomic E-state index is 0.742. The summed E-state index contributed by atoms with van der Waals surface area (Å²) in [6.45, 7) is 5.79. The van der Waals surface area contributed by atoms with Crippen LogP contribution in [-0.4, -0.2) is 12.6 Å². The van der Waals surface area contributed by atoms with Gasteiger partial charge < -0.3 is 5.32 Å². The smallest absolute Gasteiger partial charge is 0.0101 e. The molecule has 1 heteroatoms. The topological polar surface area (TPSA) is 12.0 Å². The largest absolute Gasteiger partial charge is 0.314 e. The molecule has 1 saturated carbocycles. The highest BCUT2D eigenvalue weighted by Crippen LogP contribution is 2.41. The molecule has 1 N–H and O–H groups in total. The summed E-state index contributed by atoms with van der Waals surface area (Å²) < 4.78 is 0. The molecule has 2 unspecified atom stereocenters. The first-order valence-electron chi connectivity index (χ1n) is 8.59. The molecule has 0 heterocycles. The van der Waals surface area contributed by atoms with Crippen molar-refractivity contribution in [3.8, 4) is 0 Å². The third-order valence-electron chi connectivity index (χ3n) is 5.60. The molecule has 1 aromatic carbocycles. The Bertz CT molecular complexity index is 431. The second-order valence-corrected chi connectivity index (χ2v) is 7.02. The standard InChI is InChI=1S/C19H29N/c1-3-20-19(15-10-8-14(2)9-11-15)13-17-12-16-6-4-5-7-18(16)17/h4-7,14-15,17,19-20H,3,8-13H2,1-2H3. The van der Waals surface area contributed by atoms with Crippen LogP contribution in [0.25, 0.3) is 0 Å². The lowest BCUT2D eigenvalue weighted by atomic mass is 9.70. The highest BCUT2D eigenvalue weighted by atomic mass is 14.9. The van der Waals surface area contributed by atoms with E-state index in [4.69, 9.17) is 0 Å². The Morgan fingerprint density at radius 1 is 1.15 bits per heavy atom. The van der Waals surface area contributed by atoms with E-state index in [1.165, 1.54) is 38.5 Å². The minimum Gasteiger partial charge on any atom is -0.314 e. The van der Waals surface area contributed by atoms with Gasteiger partial charge in [-0.1, -0.05) is 51.0 Å². The first-order valence-corrected chi connectivity index (χ1v) is 8.59. The molecule has 0 amide bonds. The van der Waals surface area contributed by atoms with Crippen molar-refractivity contribution in [2.75, 3.05) is 6.54 Å². The van der Waals surface area contributed by atoms with Gasteiger partial charge in [0.05, 0.1) is 0 Å². The second-order valence-electron chi connectivity index (χ2n) is 7.02. The van der Waals surface area contributed by atoms with Gasteiger partial charge in [0.2, 0.25) is 0 Å². The molecule has 2 aliphatic carbocycles. The molecule has 0 aromatic heterocycles. The van der Waals surface area contributed by atoms with Crippen molar-refractivity contribution >= 4 is 0 Å². The number of hydrogen-bond donors (Lipinski definition) is 1. The maximum atomic E-state index is 3.80. The molecule has 0 spiro atoms. The van der Waals surface area contributed by atoms with Gasteiger partial charge in [0.25, 0.3) is 0 Å². The van der Waals surface area contributed by atoms with Gasteiger partial charge in [-0.05, 0) is 61.1 Å². The molecule has 3 rings (SSSR count). The van der Waals surface area contributed by atoms with Crippen LogP contribution in [0.2, 0.25) is 0 Å². The van der Waals surface area contributed by atoms with Crippen LogP contribution in [0.3, 0.4) is 0 Å². The molecule has 20 heavy (non-hydrogen) atoms. The van der Waals surface area contributed by atoms with Crippen molar-refractivity contribution < 1.29 is 0 Å². The lowest BCUT2D eigenvalue weighted by molar-refractivity contribution is 0.214. The van der Waals surface area contributed by atoms with Gasteiger partial charge in [0.1, 0.15) is 0 Å². The first kappa shape index (κ1) is 14.1. The van der Waals surface area contributed by atoms with E-state index in [0.717, 1.165) is 30.3 Å². The Kier molecular flexibility index (Phi) is 4.45. The van der Waals surface area contributed by atoms with Crippen LogP contribution in [0.5, 0.6) is 0 Å². The summed E-state index contributed by atoms with van der Waals surface area (Å²) in [4.78, 5) is 0. The molecule has 1 nitrogen and oxygen atoms in total. The Morgan fingerprint density at radius 3 is 2.60 bits per heavy atom. The first-order chi connectivity index (χ1) is 9.78. The van der Waals surface area contributed by atoms with Gasteiger partial charge in [-0.15, -0.1) is 0 Å². The minimum atomic E-state index is 0.742. The molecule has 0 aliphatic heterocycles. The van der Waals surface area contributed by atoms with Crippen LogP contribution < -0.4 is 5.32 Å². The number of rotatable bonds is 5. The fourth-order valence-electron chi connectivity index (χ4n) is 4.27. The maximum Gasteiger partial charge on any atom is 0.0101 e. The zero-order valence-electron chi connectivity index (χ0n) is 13.1. The van der Waals surface area contributed by atoms with Gasteiger partial charge in [-0.3, -0.25) is 0 Å². The van der Waals surface area contributed by atoms with Crippen molar-refractivity contribution in [3.63, 3.8) is 0 Å². The molecular weight excluding hydrogens is 242 g/mol. The predicted octanol–water partition coefficient (Wildman–Crippen LogP) is 4.52. The van der Waals surface area contributed by atoms with E-state index in [-0.39, 0.29) is 0 Å². The summed E-state index contributed by atoms with van der Waals surface area (Å²) in [7, 11) is 0. The van der Waals surface area contributed by atoms with Gasteiger partial charge in [0.15, 0.2) is 0 Å². The Balaban J connectivity index is 1.61. The molecule has 0 bridgehead atoms. The summed E-state index contributed by atoms with van der Waals surface area (Å²) in [5.41, 5.74) is 3.21. The van der Waals surface area contributed by atoms with E-state index < -0.39 is 0 Å². The van der Waals surface area contributed by atoms with E-state index in [2.05, 4.69) is 43.4 Å². The van der Waals surface area contributed by atoms with Crippen molar-refractivity contribution in [2.45, 2.75) is 64.3 Å². The number of hydrogen-bond acceptors (Lipinski definition) is 1. The van der Waals surface area contributed by atoms with Gasteiger partial charge in [0, 0.05) is 6.04 Å². The van der Waals surface area contributed by atoms with Crippen LogP contribution in [0, 0.1) is 11.8 Å². The normalized spacial score (nSPS) is 30.4. The SMILES string of the molecule is CCNC(CC1Cc2ccccc21)C1CCC(C)CC1. The van der Waals surface area contributed by atoms with Crippen molar-refractivity contribution in [3.05, 3.63) is 35.4 Å². The van der Waals surface area contributed by atoms with E-state index in [0.29, 0.717) is 0 Å². The van der Waals surface area contributed by atoms with Crippen LogP contribution in [0.15, 0.2) is 24.3 Å². The Hall–Kier alpha value is -0.820. The molecular formula is C19H29N. The second kappa shape index (κ2) is 6.30. The van der Waals surface area contributed by atoms with Crippen LogP contribution >= 0.6 is 0 Å². The predicted molar refractivity (Wildman–Crippen MR) is 86.1 cm³/mol. The number of benzene rings is 1. The zero-order chi connectivity index (χ0) is 13.9. The Labute approximate surface area is 124 Å². The highest BCUT2D eigenvalue weighted by Gasteiger charge is 2.32. The van der Waals surface area contributed by atoms with E-state index in [1.54, 1.807) is 11.1 Å². The van der Waals surface area contributed by atoms with Crippen molar-refractivity contribution in [2.24, 2.45) is 11.8 Å². The highest BCUT2D eigenvalue weighted by molar-refractivity contribution is 5.39. The fraction of sp³-hybridized carbons (Fsp3) is 0.684. The third kappa shape index (κ3) is 2.93. The molecule has 2 aliphatic rings. The average Bonchev–Trinajstić information content (AvgIpc) is 2.44. The van der Waals surface area contributed by atoms with Crippen molar-refractivity contribution in [1.29, 1.82) is 0 Å². The van der Waals surface area contributed by atoms with Gasteiger partial charge in [-0.2, -0.15) is 0 Å². The van der Waals surface area contributed by atoms with Crippen molar-refractivity contribution in [1.82, 2.24) is 5.32 Å². The molecule has 1 aromatic rings. The zero-order valence-corrected chi connectivity index (χ0v) is 13.1. The van der Waals surface area contributed by atoms with Gasteiger partial charge in [-0.25, -0.2) is 0 Å². The summed E-state index contributed by atoms with van der Waals surface area (Å²) in [5.74, 6) is 2.69. The summed E-state index contributed by atoms with van der Waals surface area (Å²) in [6, 6.07) is 9.77. The van der Waals surface area contributed by atoms with Gasteiger partial charge >= 0.3 is 0 Å². The maximum absolute atomic E-state index is 3.80. The molecule has 2 atom stereocenters. The number of fused-ring (bicyclic) bond motifs is 1. The molecule has 1 fully saturated rings. The monoisotopic (exact) mass is 271 g/mol. The number of nitrogens with one attached hydrogen (secondary N) is 1. The van der Waals surface area contributed by atoms with E-state index in [9.17, 15) is 0 Å². The summed E-state index contributed by atoms with van der Waals surface area (Å²) in [6.07, 6.45) is 8.41. The third-order valence-corrected chi connectivity index (χ3v) is 5.60. The quantitative estimate of drug-likeness (QED) is 0.830. The van der Waals surface area contributed by atoms with Crippen LogP contribution in [0.1, 0.15) is 63.0 Å². The summed E-state index contributed by atoms with van der Waals surface area (Å²) >= 11 is 0. The lowest BCUT2D eigenvalue weighted by Gasteiger charge is -2.38. The fourth-order valence-corrected chi connectivity index (χ4v) is 4.27. The van der Waals surface area contributed by atoms with Crippen LogP contribution in [-0.2, 0) is 6.42 Å². The van der Waals surface area contributed by atoms with E-state index >= 15 is 0 Å². The lowest BCUT2D eigenvalue weighted by Crippen LogP contribution is -2.40.